The minimum atomic E-state index is 0.144. The highest BCUT2D eigenvalue weighted by atomic mass is 32.2. The van der Waals surface area contributed by atoms with Crippen LogP contribution in [0.25, 0.3) is 0 Å². The fourth-order valence-electron chi connectivity index (χ4n) is 1.76. The number of hydrogen-bond acceptors (Lipinski definition) is 3. The SMILES string of the molecule is CC(C)(C)NCc1cnn(CCSc2ccccc2)c1. The molecule has 0 saturated heterocycles. The normalized spacial score (nSPS) is 11.8. The summed E-state index contributed by atoms with van der Waals surface area (Å²) in [4.78, 5) is 1.31. The molecular weight excluding hydrogens is 266 g/mol. The minimum absolute atomic E-state index is 0.144. The first-order chi connectivity index (χ1) is 9.53. The number of benzene rings is 1. The standard InChI is InChI=1S/C16H23N3S/c1-16(2,3)17-11-14-12-18-19(13-14)9-10-20-15-7-5-4-6-8-15/h4-8,12-13,17H,9-11H2,1-3H3. The van der Waals surface area contributed by atoms with E-state index in [1.165, 1.54) is 10.5 Å². The third-order valence-electron chi connectivity index (χ3n) is 2.84. The number of nitrogens with one attached hydrogen (secondary N) is 1. The van der Waals surface area contributed by atoms with E-state index in [4.69, 9.17) is 0 Å². The average Bonchev–Trinajstić information content (AvgIpc) is 2.85. The van der Waals surface area contributed by atoms with E-state index in [-0.39, 0.29) is 5.54 Å². The van der Waals surface area contributed by atoms with Crippen LogP contribution >= 0.6 is 11.8 Å². The van der Waals surface area contributed by atoms with E-state index in [2.05, 4.69) is 61.6 Å². The Morgan fingerprint density at radius 2 is 1.95 bits per heavy atom. The Labute approximate surface area is 125 Å². The van der Waals surface area contributed by atoms with Gasteiger partial charge in [-0.1, -0.05) is 18.2 Å². The molecule has 2 aromatic rings. The molecule has 0 atom stereocenters. The molecule has 0 amide bonds. The van der Waals surface area contributed by atoms with Gasteiger partial charge in [-0.05, 0) is 32.9 Å². The van der Waals surface area contributed by atoms with Crippen LogP contribution in [0, 0.1) is 0 Å². The molecule has 1 N–H and O–H groups in total. The number of hydrogen-bond donors (Lipinski definition) is 1. The zero-order valence-corrected chi connectivity index (χ0v) is 13.3. The minimum Gasteiger partial charge on any atom is -0.308 e. The van der Waals surface area contributed by atoms with Gasteiger partial charge in [0.1, 0.15) is 0 Å². The van der Waals surface area contributed by atoms with E-state index in [0.717, 1.165) is 18.8 Å². The Hall–Kier alpha value is -1.26. The summed E-state index contributed by atoms with van der Waals surface area (Å²) in [6, 6.07) is 10.5. The van der Waals surface area contributed by atoms with Gasteiger partial charge in [-0.2, -0.15) is 5.10 Å². The van der Waals surface area contributed by atoms with Crippen molar-refractivity contribution in [2.45, 2.75) is 44.3 Å². The Bertz CT molecular complexity index is 514. The van der Waals surface area contributed by atoms with Crippen molar-refractivity contribution in [2.24, 2.45) is 0 Å². The van der Waals surface area contributed by atoms with Crippen LogP contribution in [0.5, 0.6) is 0 Å². The Balaban J connectivity index is 1.75. The van der Waals surface area contributed by atoms with Crippen LogP contribution in [0.3, 0.4) is 0 Å². The van der Waals surface area contributed by atoms with Crippen LogP contribution in [0.15, 0.2) is 47.6 Å². The summed E-state index contributed by atoms with van der Waals surface area (Å²) in [6.45, 7) is 8.33. The van der Waals surface area contributed by atoms with Crippen molar-refractivity contribution in [1.82, 2.24) is 15.1 Å². The monoisotopic (exact) mass is 289 g/mol. The topological polar surface area (TPSA) is 29.9 Å². The Kier molecular flexibility index (Phi) is 5.26. The van der Waals surface area contributed by atoms with Gasteiger partial charge in [-0.15, -0.1) is 11.8 Å². The maximum Gasteiger partial charge on any atom is 0.0534 e. The van der Waals surface area contributed by atoms with Gasteiger partial charge in [-0.3, -0.25) is 4.68 Å². The molecule has 0 aliphatic heterocycles. The molecule has 3 nitrogen and oxygen atoms in total. The first-order valence-corrected chi connectivity index (χ1v) is 7.96. The van der Waals surface area contributed by atoms with E-state index in [1.54, 1.807) is 0 Å². The third-order valence-corrected chi connectivity index (χ3v) is 3.83. The molecule has 4 heteroatoms. The van der Waals surface area contributed by atoms with Crippen molar-refractivity contribution >= 4 is 11.8 Å². The van der Waals surface area contributed by atoms with E-state index in [1.807, 2.05) is 28.7 Å². The molecule has 0 spiro atoms. The van der Waals surface area contributed by atoms with Crippen LogP contribution in [0.4, 0.5) is 0 Å². The molecule has 0 aliphatic carbocycles. The highest BCUT2D eigenvalue weighted by molar-refractivity contribution is 7.99. The number of rotatable bonds is 6. The molecule has 0 unspecified atom stereocenters. The summed E-state index contributed by atoms with van der Waals surface area (Å²) >= 11 is 1.87. The van der Waals surface area contributed by atoms with E-state index >= 15 is 0 Å². The second-order valence-electron chi connectivity index (χ2n) is 5.88. The van der Waals surface area contributed by atoms with Crippen molar-refractivity contribution < 1.29 is 0 Å². The van der Waals surface area contributed by atoms with Gasteiger partial charge in [0.05, 0.1) is 12.7 Å². The maximum absolute atomic E-state index is 4.41. The van der Waals surface area contributed by atoms with Crippen LogP contribution in [-0.4, -0.2) is 21.1 Å². The van der Waals surface area contributed by atoms with Gasteiger partial charge in [0.15, 0.2) is 0 Å². The van der Waals surface area contributed by atoms with Gasteiger partial charge >= 0.3 is 0 Å². The van der Waals surface area contributed by atoms with Crippen LogP contribution in [0.2, 0.25) is 0 Å². The molecule has 0 fully saturated rings. The lowest BCUT2D eigenvalue weighted by Crippen LogP contribution is -2.34. The van der Waals surface area contributed by atoms with E-state index < -0.39 is 0 Å². The summed E-state index contributed by atoms with van der Waals surface area (Å²) in [5, 5.41) is 7.89. The van der Waals surface area contributed by atoms with E-state index in [0.29, 0.717) is 0 Å². The van der Waals surface area contributed by atoms with Gasteiger partial charge < -0.3 is 5.32 Å². The van der Waals surface area contributed by atoms with Crippen molar-refractivity contribution in [3.63, 3.8) is 0 Å². The Morgan fingerprint density at radius 1 is 1.20 bits per heavy atom. The third kappa shape index (κ3) is 5.39. The zero-order chi connectivity index (χ0) is 14.4. The lowest BCUT2D eigenvalue weighted by atomic mass is 10.1. The van der Waals surface area contributed by atoms with Crippen LogP contribution < -0.4 is 5.32 Å². The van der Waals surface area contributed by atoms with Gasteiger partial charge in [-0.25, -0.2) is 0 Å². The first-order valence-electron chi connectivity index (χ1n) is 6.97. The molecule has 2 rings (SSSR count). The fourth-order valence-corrected chi connectivity index (χ4v) is 2.62. The number of nitrogens with zero attached hydrogens (tertiary/aromatic N) is 2. The van der Waals surface area contributed by atoms with Crippen molar-refractivity contribution in [3.8, 4) is 0 Å². The van der Waals surface area contributed by atoms with Crippen LogP contribution in [0.1, 0.15) is 26.3 Å². The summed E-state index contributed by atoms with van der Waals surface area (Å²) < 4.78 is 2.02. The summed E-state index contributed by atoms with van der Waals surface area (Å²) in [5.41, 5.74) is 1.38. The highest BCUT2D eigenvalue weighted by Crippen LogP contribution is 2.17. The smallest absolute Gasteiger partial charge is 0.0534 e. The molecule has 1 aromatic carbocycles. The molecule has 108 valence electrons. The van der Waals surface area contributed by atoms with Crippen molar-refractivity contribution in [2.75, 3.05) is 5.75 Å². The average molecular weight is 289 g/mol. The molecule has 1 heterocycles. The van der Waals surface area contributed by atoms with Crippen molar-refractivity contribution in [3.05, 3.63) is 48.3 Å². The lowest BCUT2D eigenvalue weighted by Gasteiger charge is -2.19. The highest BCUT2D eigenvalue weighted by Gasteiger charge is 2.09. The predicted octanol–water partition coefficient (Wildman–Crippen LogP) is 3.56. The first kappa shape index (κ1) is 15.1. The maximum atomic E-state index is 4.41. The number of aromatic nitrogens is 2. The number of thioether (sulfide) groups is 1. The van der Waals surface area contributed by atoms with Gasteiger partial charge in [0.2, 0.25) is 0 Å². The van der Waals surface area contributed by atoms with Crippen LogP contribution in [-0.2, 0) is 13.1 Å². The zero-order valence-electron chi connectivity index (χ0n) is 12.5. The molecule has 20 heavy (non-hydrogen) atoms. The second kappa shape index (κ2) is 6.95. The van der Waals surface area contributed by atoms with Gasteiger partial charge in [0, 0.05) is 34.5 Å². The summed E-state index contributed by atoms with van der Waals surface area (Å²) in [7, 11) is 0. The Morgan fingerprint density at radius 3 is 2.65 bits per heavy atom. The van der Waals surface area contributed by atoms with Gasteiger partial charge in [0.25, 0.3) is 0 Å². The second-order valence-corrected chi connectivity index (χ2v) is 7.05. The quantitative estimate of drug-likeness (QED) is 0.825. The van der Waals surface area contributed by atoms with Crippen molar-refractivity contribution in [1.29, 1.82) is 0 Å². The fraction of sp³-hybridized carbons (Fsp3) is 0.438. The van der Waals surface area contributed by atoms with E-state index in [9.17, 15) is 0 Å². The lowest BCUT2D eigenvalue weighted by molar-refractivity contribution is 0.424. The molecular formula is C16H23N3S. The summed E-state index contributed by atoms with van der Waals surface area (Å²) in [5.74, 6) is 1.04. The largest absolute Gasteiger partial charge is 0.308 e. The molecule has 0 saturated carbocycles. The molecule has 0 aliphatic rings. The molecule has 0 bridgehead atoms. The number of aryl methyl sites for hydroxylation is 1. The summed E-state index contributed by atoms with van der Waals surface area (Å²) in [6.07, 6.45) is 4.08. The molecule has 1 aromatic heterocycles. The molecule has 0 radical (unpaired) electrons. The predicted molar refractivity (Wildman–Crippen MR) is 86.0 cm³/mol.